The largest absolute Gasteiger partial charge is 0.355 e. The Balaban J connectivity index is 1.22. The second-order valence-electron chi connectivity index (χ2n) is 8.36. The van der Waals surface area contributed by atoms with Gasteiger partial charge in [-0.25, -0.2) is 15.0 Å². The highest BCUT2D eigenvalue weighted by Crippen LogP contribution is 2.51. The molecule has 0 saturated carbocycles. The highest BCUT2D eigenvalue weighted by Gasteiger charge is 2.47. The Morgan fingerprint density at radius 3 is 2.77 bits per heavy atom. The number of ketones is 1. The molecule has 0 amide bonds. The van der Waals surface area contributed by atoms with E-state index in [9.17, 15) is 4.79 Å². The molecule has 3 aromatic heterocycles. The predicted molar refractivity (Wildman–Crippen MR) is 118 cm³/mol. The first-order valence-electron chi connectivity index (χ1n) is 10.4. The number of benzene rings is 1. The fourth-order valence-electron chi connectivity index (χ4n) is 4.89. The Bertz CT molecular complexity index is 1270. The van der Waals surface area contributed by atoms with E-state index in [-0.39, 0.29) is 17.2 Å². The minimum absolute atomic E-state index is 0.0728. The van der Waals surface area contributed by atoms with Crippen LogP contribution >= 0.6 is 11.3 Å². The molecule has 4 aromatic rings. The molecule has 9 heteroatoms. The van der Waals surface area contributed by atoms with Gasteiger partial charge in [-0.05, 0) is 24.7 Å². The number of nitrogens with zero attached hydrogens (tertiary/aromatic N) is 5. The van der Waals surface area contributed by atoms with Gasteiger partial charge in [-0.3, -0.25) is 9.89 Å². The number of H-pyrrole nitrogens is 1. The number of nitrogens with two attached hydrogens (primary N) is 1. The lowest BCUT2D eigenvalue weighted by molar-refractivity contribution is 0.103. The number of hydrogen-bond donors (Lipinski definition) is 2. The lowest BCUT2D eigenvalue weighted by Crippen LogP contribution is -2.44. The van der Waals surface area contributed by atoms with Crippen LogP contribution in [0.25, 0.3) is 11.2 Å². The molecule has 0 bridgehead atoms. The number of carbonyl (C=O) groups excluding carboxylic acids is 1. The zero-order chi connectivity index (χ0) is 21.0. The molecule has 1 fully saturated rings. The highest BCUT2D eigenvalue weighted by atomic mass is 32.1. The summed E-state index contributed by atoms with van der Waals surface area (Å²) in [5.74, 6) is 0.647. The third-order valence-corrected chi connectivity index (χ3v) is 7.69. The van der Waals surface area contributed by atoms with Crippen molar-refractivity contribution in [3.63, 3.8) is 0 Å². The first-order valence-corrected chi connectivity index (χ1v) is 11.3. The van der Waals surface area contributed by atoms with Gasteiger partial charge in [-0.15, -0.1) is 11.3 Å². The molecule has 8 nitrogen and oxygen atoms in total. The normalized spacial score (nSPS) is 19.8. The molecule has 1 spiro atoms. The van der Waals surface area contributed by atoms with E-state index in [1.807, 2.05) is 23.7 Å². The molecule has 1 saturated heterocycles. The van der Waals surface area contributed by atoms with Gasteiger partial charge in [0.2, 0.25) is 11.4 Å². The van der Waals surface area contributed by atoms with E-state index in [2.05, 4.69) is 30.0 Å². The summed E-state index contributed by atoms with van der Waals surface area (Å²) in [5.41, 5.74) is 11.7. The topological polar surface area (TPSA) is 114 Å². The number of piperidine rings is 1. The third-order valence-electron chi connectivity index (χ3n) is 6.73. The highest BCUT2D eigenvalue weighted by molar-refractivity contribution is 7.09. The number of nitrogens with one attached hydrogen (secondary N) is 1. The summed E-state index contributed by atoms with van der Waals surface area (Å²) in [6.07, 6.45) is 4.70. The quantitative estimate of drug-likeness (QED) is 0.480. The molecule has 2 aliphatic rings. The first-order chi connectivity index (χ1) is 15.1. The SMILES string of the molecule is N[C@@H]1c2scnc2CC12CCN(c1cnc3c(C(=O)c4ccccc4)[nH]nc3n1)CC2. The van der Waals surface area contributed by atoms with Crippen molar-refractivity contribution in [3.8, 4) is 0 Å². The summed E-state index contributed by atoms with van der Waals surface area (Å²) >= 11 is 1.68. The maximum Gasteiger partial charge on any atom is 0.213 e. The van der Waals surface area contributed by atoms with Crippen molar-refractivity contribution >= 4 is 34.1 Å². The number of aromatic nitrogens is 5. The van der Waals surface area contributed by atoms with Crippen LogP contribution in [0.15, 0.2) is 42.0 Å². The number of rotatable bonds is 3. The van der Waals surface area contributed by atoms with Crippen molar-refractivity contribution in [2.45, 2.75) is 25.3 Å². The Kier molecular flexibility index (Phi) is 4.15. The van der Waals surface area contributed by atoms with Crippen LogP contribution in [-0.4, -0.2) is 44.0 Å². The maximum atomic E-state index is 12.8. The molecule has 0 radical (unpaired) electrons. The average Bonchev–Trinajstić information content (AvgIpc) is 3.50. The van der Waals surface area contributed by atoms with E-state index in [0.717, 1.165) is 38.2 Å². The van der Waals surface area contributed by atoms with Crippen molar-refractivity contribution < 1.29 is 4.79 Å². The van der Waals surface area contributed by atoms with Crippen LogP contribution in [0.5, 0.6) is 0 Å². The Morgan fingerprint density at radius 1 is 1.19 bits per heavy atom. The van der Waals surface area contributed by atoms with Crippen LogP contribution in [0.1, 0.15) is 45.5 Å². The second-order valence-corrected chi connectivity index (χ2v) is 9.25. The lowest BCUT2D eigenvalue weighted by atomic mass is 9.74. The summed E-state index contributed by atoms with van der Waals surface area (Å²) in [7, 11) is 0. The monoisotopic (exact) mass is 431 g/mol. The van der Waals surface area contributed by atoms with Crippen molar-refractivity contribution in [2.75, 3.05) is 18.0 Å². The van der Waals surface area contributed by atoms with Crippen LogP contribution in [0.4, 0.5) is 5.82 Å². The van der Waals surface area contributed by atoms with Crippen molar-refractivity contribution in [1.82, 2.24) is 25.1 Å². The smallest absolute Gasteiger partial charge is 0.213 e. The van der Waals surface area contributed by atoms with Gasteiger partial charge < -0.3 is 10.6 Å². The predicted octanol–water partition coefficient (Wildman–Crippen LogP) is 2.88. The minimum Gasteiger partial charge on any atom is -0.355 e. The number of anilines is 1. The zero-order valence-electron chi connectivity index (χ0n) is 16.8. The first kappa shape index (κ1) is 18.6. The summed E-state index contributed by atoms with van der Waals surface area (Å²) in [4.78, 5) is 30.0. The maximum absolute atomic E-state index is 12.8. The third kappa shape index (κ3) is 2.88. The summed E-state index contributed by atoms with van der Waals surface area (Å²) < 4.78 is 0. The van der Waals surface area contributed by atoms with Gasteiger partial charge in [0.25, 0.3) is 0 Å². The molecule has 1 aliphatic heterocycles. The van der Waals surface area contributed by atoms with Gasteiger partial charge in [-0.2, -0.15) is 5.10 Å². The molecule has 31 heavy (non-hydrogen) atoms. The van der Waals surface area contributed by atoms with E-state index < -0.39 is 0 Å². The molecule has 156 valence electrons. The van der Waals surface area contributed by atoms with E-state index in [1.54, 1.807) is 29.7 Å². The summed E-state index contributed by atoms with van der Waals surface area (Å²) in [5, 5.41) is 7.08. The number of carbonyl (C=O) groups is 1. The summed E-state index contributed by atoms with van der Waals surface area (Å²) in [6, 6.07) is 9.19. The number of thiazole rings is 1. The number of aromatic amines is 1. The van der Waals surface area contributed by atoms with Crippen LogP contribution < -0.4 is 10.6 Å². The Morgan fingerprint density at radius 2 is 2.00 bits per heavy atom. The van der Waals surface area contributed by atoms with E-state index in [0.29, 0.717) is 22.4 Å². The van der Waals surface area contributed by atoms with Gasteiger partial charge in [0.05, 0.1) is 17.4 Å². The van der Waals surface area contributed by atoms with Gasteiger partial charge in [0.15, 0.2) is 0 Å². The van der Waals surface area contributed by atoms with Crippen LogP contribution in [0.2, 0.25) is 0 Å². The van der Waals surface area contributed by atoms with Gasteiger partial charge >= 0.3 is 0 Å². The average molecular weight is 432 g/mol. The van der Waals surface area contributed by atoms with Gasteiger partial charge in [-0.1, -0.05) is 30.3 Å². The van der Waals surface area contributed by atoms with Crippen molar-refractivity contribution in [3.05, 3.63) is 63.9 Å². The van der Waals surface area contributed by atoms with Crippen LogP contribution in [0.3, 0.4) is 0 Å². The Hall–Kier alpha value is -3.17. The molecule has 6 rings (SSSR count). The van der Waals surface area contributed by atoms with Crippen LogP contribution in [-0.2, 0) is 6.42 Å². The van der Waals surface area contributed by atoms with Crippen LogP contribution in [0, 0.1) is 5.41 Å². The number of fused-ring (bicyclic) bond motifs is 2. The number of hydrogen-bond acceptors (Lipinski definition) is 8. The van der Waals surface area contributed by atoms with E-state index in [4.69, 9.17) is 5.73 Å². The van der Waals surface area contributed by atoms with Gasteiger partial charge in [0.1, 0.15) is 17.0 Å². The molecule has 1 aliphatic carbocycles. The zero-order valence-corrected chi connectivity index (χ0v) is 17.6. The molecule has 4 heterocycles. The molecule has 1 atom stereocenters. The molecule has 0 unspecified atom stereocenters. The van der Waals surface area contributed by atoms with Gasteiger partial charge in [0, 0.05) is 29.6 Å². The molecular formula is C22H21N7OS. The van der Waals surface area contributed by atoms with Crippen molar-refractivity contribution in [2.24, 2.45) is 11.1 Å². The standard InChI is InChI=1S/C22H21N7OS/c23-20-19-14(25-12-31-19)10-22(20)6-8-29(9-7-22)15-11-24-17-16(27-28-21(17)26-15)18(30)13-4-2-1-3-5-13/h1-5,11-12,20H,6-10,23H2,(H,26,27,28)/t20-/m1/s1. The summed E-state index contributed by atoms with van der Waals surface area (Å²) in [6.45, 7) is 1.73. The fourth-order valence-corrected chi connectivity index (χ4v) is 5.84. The lowest BCUT2D eigenvalue weighted by Gasteiger charge is -2.42. The minimum atomic E-state index is -0.138. The Labute approximate surface area is 182 Å². The molecule has 1 aromatic carbocycles. The molecule has 3 N–H and O–H groups in total. The van der Waals surface area contributed by atoms with E-state index in [1.165, 1.54) is 10.6 Å². The van der Waals surface area contributed by atoms with E-state index >= 15 is 0 Å². The second kappa shape index (κ2) is 6.93. The fraction of sp³-hybridized carbons (Fsp3) is 0.318. The van der Waals surface area contributed by atoms with Crippen molar-refractivity contribution in [1.29, 1.82) is 0 Å². The molecular weight excluding hydrogens is 410 g/mol.